The molecule has 0 fully saturated rings. The van der Waals surface area contributed by atoms with E-state index < -0.39 is 0 Å². The van der Waals surface area contributed by atoms with E-state index in [-0.39, 0.29) is 0 Å². The number of hydrogen-bond acceptors (Lipinski definition) is 3. The Morgan fingerprint density at radius 1 is 0.958 bits per heavy atom. The summed E-state index contributed by atoms with van der Waals surface area (Å²) in [5, 5.41) is 0. The fourth-order valence-corrected chi connectivity index (χ4v) is 2.99. The molecule has 0 aliphatic carbocycles. The highest BCUT2D eigenvalue weighted by molar-refractivity contribution is 5.85. The Labute approximate surface area is 144 Å². The number of hydrogen-bond donors (Lipinski definition) is 0. The van der Waals surface area contributed by atoms with Crippen LogP contribution in [0.25, 0.3) is 0 Å². The highest BCUT2D eigenvalue weighted by Gasteiger charge is 2.19. The third kappa shape index (κ3) is 4.47. The van der Waals surface area contributed by atoms with Gasteiger partial charge in [-0.05, 0) is 11.1 Å². The van der Waals surface area contributed by atoms with Crippen LogP contribution >= 0.6 is 0 Å². The zero-order valence-electron chi connectivity index (χ0n) is 13.9. The zero-order valence-corrected chi connectivity index (χ0v) is 13.9. The Morgan fingerprint density at radius 3 is 2.29 bits per heavy atom. The van der Waals surface area contributed by atoms with Crippen molar-refractivity contribution in [2.45, 2.75) is 13.1 Å². The predicted octanol–water partition coefficient (Wildman–Crippen LogP) is 3.04. The number of aliphatic imine (C=N–C) groups is 1. The smallest absolute Gasteiger partial charge is 0.114 e. The molecule has 0 spiro atoms. The van der Waals surface area contributed by atoms with Crippen molar-refractivity contribution in [3.05, 3.63) is 71.8 Å². The molecule has 24 heavy (non-hydrogen) atoms. The molecule has 122 valence electrons. The first-order valence-corrected chi connectivity index (χ1v) is 8.37. The second kappa shape index (κ2) is 8.33. The molecule has 0 atom stereocenters. The van der Waals surface area contributed by atoms with Crippen LogP contribution in [0.4, 0.5) is 0 Å². The lowest BCUT2D eigenvalue weighted by Crippen LogP contribution is -2.38. The van der Waals surface area contributed by atoms with E-state index in [1.54, 1.807) is 0 Å². The van der Waals surface area contributed by atoms with E-state index in [1.165, 1.54) is 11.1 Å². The summed E-state index contributed by atoms with van der Waals surface area (Å²) in [7, 11) is 0. The molecule has 0 unspecified atom stereocenters. The van der Waals surface area contributed by atoms with Gasteiger partial charge in [0.2, 0.25) is 0 Å². The summed E-state index contributed by atoms with van der Waals surface area (Å²) in [6, 6.07) is 21.0. The maximum atomic E-state index is 5.57. The van der Waals surface area contributed by atoms with Crippen molar-refractivity contribution < 1.29 is 0 Å². The first-order chi connectivity index (χ1) is 11.8. The van der Waals surface area contributed by atoms with Crippen LogP contribution in [-0.2, 0) is 13.1 Å². The second-order valence-electron chi connectivity index (χ2n) is 6.04. The molecular formula is C21H23N3. The van der Waals surface area contributed by atoms with Gasteiger partial charge in [0.15, 0.2) is 0 Å². The average molecular weight is 317 g/mol. The summed E-state index contributed by atoms with van der Waals surface area (Å²) in [6.45, 7) is 5.05. The topological polar surface area (TPSA) is 18.8 Å². The predicted molar refractivity (Wildman–Crippen MR) is 99.7 cm³/mol. The summed E-state index contributed by atoms with van der Waals surface area (Å²) in [5.41, 5.74) is 2.60. The normalized spacial score (nSPS) is 13.8. The number of nitrogens with zero attached hydrogens (tertiary/aromatic N) is 3. The van der Waals surface area contributed by atoms with Gasteiger partial charge in [0, 0.05) is 19.6 Å². The van der Waals surface area contributed by atoms with Crippen molar-refractivity contribution in [3.8, 4) is 12.3 Å². The monoisotopic (exact) mass is 317 g/mol. The number of benzene rings is 2. The van der Waals surface area contributed by atoms with Crippen molar-refractivity contribution in [1.29, 1.82) is 0 Å². The van der Waals surface area contributed by atoms with E-state index in [0.717, 1.165) is 38.6 Å². The maximum absolute atomic E-state index is 5.57. The van der Waals surface area contributed by atoms with Crippen LogP contribution in [0.15, 0.2) is 65.7 Å². The Morgan fingerprint density at radius 2 is 1.62 bits per heavy atom. The molecule has 2 aromatic carbocycles. The van der Waals surface area contributed by atoms with E-state index >= 15 is 0 Å². The molecule has 1 heterocycles. The van der Waals surface area contributed by atoms with Crippen LogP contribution in [0.2, 0.25) is 0 Å². The van der Waals surface area contributed by atoms with Crippen LogP contribution in [0.1, 0.15) is 11.1 Å². The van der Waals surface area contributed by atoms with E-state index in [0.29, 0.717) is 6.54 Å². The Balaban J connectivity index is 1.64. The number of terminal acetylenes is 1. The molecule has 0 saturated carbocycles. The Hall–Kier alpha value is -2.57. The third-order valence-electron chi connectivity index (χ3n) is 4.17. The lowest BCUT2D eigenvalue weighted by Gasteiger charge is -2.26. The lowest BCUT2D eigenvalue weighted by atomic mass is 10.2. The lowest BCUT2D eigenvalue weighted by molar-refractivity contribution is 0.323. The average Bonchev–Trinajstić information content (AvgIpc) is 3.04. The van der Waals surface area contributed by atoms with Crippen LogP contribution in [0.5, 0.6) is 0 Å². The summed E-state index contributed by atoms with van der Waals surface area (Å²) >= 11 is 0. The first-order valence-electron chi connectivity index (χ1n) is 8.37. The van der Waals surface area contributed by atoms with Gasteiger partial charge in [-0.25, -0.2) is 0 Å². The van der Waals surface area contributed by atoms with Crippen LogP contribution in [-0.4, -0.2) is 41.8 Å². The van der Waals surface area contributed by atoms with E-state index in [4.69, 9.17) is 11.4 Å². The van der Waals surface area contributed by atoms with Gasteiger partial charge in [-0.15, -0.1) is 6.42 Å². The molecule has 0 amide bonds. The molecule has 3 nitrogen and oxygen atoms in total. The van der Waals surface area contributed by atoms with Gasteiger partial charge in [-0.2, -0.15) is 0 Å². The van der Waals surface area contributed by atoms with Gasteiger partial charge in [0.1, 0.15) is 5.84 Å². The minimum atomic E-state index is 0.632. The van der Waals surface area contributed by atoms with Gasteiger partial charge < -0.3 is 4.90 Å². The van der Waals surface area contributed by atoms with Crippen molar-refractivity contribution in [1.82, 2.24) is 9.80 Å². The second-order valence-corrected chi connectivity index (χ2v) is 6.04. The minimum absolute atomic E-state index is 0.632. The highest BCUT2D eigenvalue weighted by atomic mass is 15.3. The molecular weight excluding hydrogens is 294 g/mol. The summed E-state index contributed by atoms with van der Waals surface area (Å²) in [5.74, 6) is 3.92. The minimum Gasteiger partial charge on any atom is -0.353 e. The molecule has 1 aliphatic rings. The Bertz CT molecular complexity index is 701. The Kier molecular flexibility index (Phi) is 5.65. The van der Waals surface area contributed by atoms with Gasteiger partial charge >= 0.3 is 0 Å². The molecule has 0 aromatic heterocycles. The molecule has 2 aromatic rings. The van der Waals surface area contributed by atoms with Crippen molar-refractivity contribution >= 4 is 5.84 Å². The maximum Gasteiger partial charge on any atom is 0.114 e. The SMILES string of the molecule is C#CCN(CC1=NCCN1Cc1ccccc1)Cc1ccccc1. The van der Waals surface area contributed by atoms with Crippen LogP contribution in [0, 0.1) is 12.3 Å². The summed E-state index contributed by atoms with van der Waals surface area (Å²) in [6.07, 6.45) is 5.57. The molecule has 0 saturated heterocycles. The van der Waals surface area contributed by atoms with Gasteiger partial charge in [0.05, 0.1) is 19.6 Å². The summed E-state index contributed by atoms with van der Waals surface area (Å²) < 4.78 is 0. The fraction of sp³-hybridized carbons (Fsp3) is 0.286. The number of rotatable bonds is 7. The van der Waals surface area contributed by atoms with Crippen molar-refractivity contribution in [2.24, 2.45) is 4.99 Å². The molecule has 3 rings (SSSR count). The highest BCUT2D eigenvalue weighted by Crippen LogP contribution is 2.12. The van der Waals surface area contributed by atoms with Gasteiger partial charge in [-0.3, -0.25) is 9.89 Å². The molecule has 0 N–H and O–H groups in total. The van der Waals surface area contributed by atoms with Gasteiger partial charge in [0.25, 0.3) is 0 Å². The van der Waals surface area contributed by atoms with Crippen molar-refractivity contribution in [3.63, 3.8) is 0 Å². The van der Waals surface area contributed by atoms with Crippen LogP contribution in [0.3, 0.4) is 0 Å². The third-order valence-corrected chi connectivity index (χ3v) is 4.17. The molecule has 0 radical (unpaired) electrons. The molecule has 3 heteroatoms. The number of amidine groups is 1. The van der Waals surface area contributed by atoms with Crippen LogP contribution < -0.4 is 0 Å². The standard InChI is InChI=1S/C21H23N3/c1-2-14-23(16-19-9-5-3-6-10-19)18-21-22-13-15-24(21)17-20-11-7-4-8-12-20/h1,3-12H,13-18H2. The summed E-state index contributed by atoms with van der Waals surface area (Å²) in [4.78, 5) is 9.35. The van der Waals surface area contributed by atoms with Gasteiger partial charge in [-0.1, -0.05) is 66.6 Å². The quantitative estimate of drug-likeness (QED) is 0.731. The van der Waals surface area contributed by atoms with E-state index in [1.807, 2.05) is 6.07 Å². The van der Waals surface area contributed by atoms with E-state index in [9.17, 15) is 0 Å². The zero-order chi connectivity index (χ0) is 16.6. The fourth-order valence-electron chi connectivity index (χ4n) is 2.99. The first kappa shape index (κ1) is 16.3. The molecule has 1 aliphatic heterocycles. The molecule has 0 bridgehead atoms. The van der Waals surface area contributed by atoms with Crippen molar-refractivity contribution in [2.75, 3.05) is 26.2 Å². The largest absolute Gasteiger partial charge is 0.353 e. The van der Waals surface area contributed by atoms with E-state index in [2.05, 4.69) is 70.3 Å².